The van der Waals surface area contributed by atoms with Gasteiger partial charge in [-0.05, 0) is 48.7 Å². The number of nitrogens with one attached hydrogen (secondary N) is 1. The number of rotatable bonds is 7. The minimum absolute atomic E-state index is 0.365. The van der Waals surface area contributed by atoms with Crippen molar-refractivity contribution in [2.45, 2.75) is 19.4 Å². The Morgan fingerprint density at radius 3 is 2.95 bits per heavy atom. The minimum Gasteiger partial charge on any atom is -0.496 e. The fraction of sp³-hybridized carbons (Fsp3) is 0.462. The second kappa shape index (κ2) is 7.98. The number of nitriles is 1. The molecule has 0 amide bonds. The van der Waals surface area contributed by atoms with E-state index in [1.165, 1.54) is 0 Å². The Hall–Kier alpha value is -2.22. The maximum absolute atomic E-state index is 9.17. The topological polar surface area (TPSA) is 93.8 Å². The Morgan fingerprint density at radius 1 is 1.58 bits per heavy atom. The summed E-state index contributed by atoms with van der Waals surface area (Å²) in [6.07, 6.45) is 0.706. The molecule has 0 aromatic heterocycles. The summed E-state index contributed by atoms with van der Waals surface area (Å²) in [7, 11) is 1.62. The smallest absolute Gasteiger partial charge is 0.121 e. The molecule has 0 aliphatic carbocycles. The minimum atomic E-state index is -0.365. The standard InChI is InChI=1S/C13H17N5O/c1-10-8-11(4-5-13(10)19-2)12(9-14)16-6-3-7-17-18-15/h4-5,8,12,16H,3,6-7H2,1-2H3. The summed E-state index contributed by atoms with van der Waals surface area (Å²) in [4.78, 5) is 2.68. The van der Waals surface area contributed by atoms with Gasteiger partial charge in [-0.25, -0.2) is 0 Å². The van der Waals surface area contributed by atoms with Crippen molar-refractivity contribution in [1.82, 2.24) is 5.32 Å². The van der Waals surface area contributed by atoms with E-state index in [1.54, 1.807) is 7.11 Å². The van der Waals surface area contributed by atoms with Crippen molar-refractivity contribution in [3.8, 4) is 11.8 Å². The molecule has 0 saturated carbocycles. The molecule has 0 fully saturated rings. The van der Waals surface area contributed by atoms with Gasteiger partial charge in [-0.3, -0.25) is 5.32 Å². The predicted molar refractivity (Wildman–Crippen MR) is 72.7 cm³/mol. The number of hydrogen-bond donors (Lipinski definition) is 1. The maximum atomic E-state index is 9.17. The second-order valence-electron chi connectivity index (χ2n) is 4.05. The van der Waals surface area contributed by atoms with Crippen LogP contribution in [0.1, 0.15) is 23.6 Å². The molecule has 100 valence electrons. The van der Waals surface area contributed by atoms with E-state index in [1.807, 2.05) is 25.1 Å². The van der Waals surface area contributed by atoms with Crippen molar-refractivity contribution in [3.05, 3.63) is 39.8 Å². The zero-order valence-corrected chi connectivity index (χ0v) is 11.1. The number of hydrogen-bond acceptors (Lipinski definition) is 4. The van der Waals surface area contributed by atoms with Crippen molar-refractivity contribution in [2.24, 2.45) is 5.11 Å². The monoisotopic (exact) mass is 259 g/mol. The Labute approximate surface area is 112 Å². The van der Waals surface area contributed by atoms with Crippen LogP contribution in [-0.4, -0.2) is 20.2 Å². The largest absolute Gasteiger partial charge is 0.496 e. The Bertz CT molecular complexity index is 502. The number of nitrogens with zero attached hydrogens (tertiary/aromatic N) is 4. The molecule has 6 nitrogen and oxygen atoms in total. The van der Waals surface area contributed by atoms with Crippen LogP contribution in [0.4, 0.5) is 0 Å². The first-order valence-electron chi connectivity index (χ1n) is 6.01. The van der Waals surface area contributed by atoms with Crippen LogP contribution in [0.5, 0.6) is 5.75 Å². The molecule has 6 heteroatoms. The molecule has 1 aromatic carbocycles. The highest BCUT2D eigenvalue weighted by molar-refractivity contribution is 5.38. The summed E-state index contributed by atoms with van der Waals surface area (Å²) >= 11 is 0. The maximum Gasteiger partial charge on any atom is 0.121 e. The SMILES string of the molecule is COc1ccc(C(C#N)NCCCN=[N+]=[N-])cc1C. The lowest BCUT2D eigenvalue weighted by atomic mass is 10.0. The fourth-order valence-corrected chi connectivity index (χ4v) is 1.76. The van der Waals surface area contributed by atoms with Crippen LogP contribution < -0.4 is 10.1 Å². The van der Waals surface area contributed by atoms with Gasteiger partial charge in [-0.1, -0.05) is 11.2 Å². The van der Waals surface area contributed by atoms with Gasteiger partial charge >= 0.3 is 0 Å². The molecular formula is C13H17N5O. The average molecular weight is 259 g/mol. The zero-order valence-electron chi connectivity index (χ0n) is 11.1. The number of aryl methyl sites for hydroxylation is 1. The highest BCUT2D eigenvalue weighted by Gasteiger charge is 2.10. The van der Waals surface area contributed by atoms with E-state index in [9.17, 15) is 5.26 Å². The van der Waals surface area contributed by atoms with Crippen molar-refractivity contribution in [2.75, 3.05) is 20.2 Å². The van der Waals surface area contributed by atoms with Gasteiger partial charge in [0.05, 0.1) is 13.2 Å². The van der Waals surface area contributed by atoms with E-state index >= 15 is 0 Å². The van der Waals surface area contributed by atoms with E-state index in [4.69, 9.17) is 10.3 Å². The summed E-state index contributed by atoms with van der Waals surface area (Å²) in [6, 6.07) is 7.52. The van der Waals surface area contributed by atoms with E-state index in [-0.39, 0.29) is 6.04 Å². The third-order valence-electron chi connectivity index (χ3n) is 2.73. The van der Waals surface area contributed by atoms with Crippen LogP contribution >= 0.6 is 0 Å². The summed E-state index contributed by atoms with van der Waals surface area (Å²) in [5, 5.41) is 15.7. The van der Waals surface area contributed by atoms with Crippen LogP contribution in [0.15, 0.2) is 23.3 Å². The first kappa shape index (κ1) is 14.8. The molecule has 0 spiro atoms. The molecule has 19 heavy (non-hydrogen) atoms. The number of methoxy groups -OCH3 is 1. The molecule has 1 unspecified atom stereocenters. The molecule has 0 aliphatic rings. The quantitative estimate of drug-likeness (QED) is 0.353. The lowest BCUT2D eigenvalue weighted by Gasteiger charge is -2.13. The van der Waals surface area contributed by atoms with Crippen molar-refractivity contribution >= 4 is 0 Å². The van der Waals surface area contributed by atoms with Crippen LogP contribution in [0, 0.1) is 18.3 Å². The van der Waals surface area contributed by atoms with Gasteiger partial charge in [0.25, 0.3) is 0 Å². The molecule has 0 bridgehead atoms. The van der Waals surface area contributed by atoms with E-state index in [0.29, 0.717) is 19.5 Å². The number of azide groups is 1. The highest BCUT2D eigenvalue weighted by atomic mass is 16.5. The molecule has 1 aromatic rings. The Morgan fingerprint density at radius 2 is 2.37 bits per heavy atom. The number of ether oxygens (including phenoxy) is 1. The van der Waals surface area contributed by atoms with Gasteiger partial charge < -0.3 is 4.74 Å². The lowest BCUT2D eigenvalue weighted by Crippen LogP contribution is -2.21. The third-order valence-corrected chi connectivity index (χ3v) is 2.73. The van der Waals surface area contributed by atoms with Gasteiger partial charge in [0.1, 0.15) is 11.8 Å². The van der Waals surface area contributed by atoms with E-state index in [0.717, 1.165) is 16.9 Å². The summed E-state index contributed by atoms with van der Waals surface area (Å²) < 4.78 is 5.19. The van der Waals surface area contributed by atoms with E-state index < -0.39 is 0 Å². The van der Waals surface area contributed by atoms with Gasteiger partial charge in [0, 0.05) is 11.5 Å². The molecule has 0 saturated heterocycles. The predicted octanol–water partition coefficient (Wildman–Crippen LogP) is 2.86. The van der Waals surface area contributed by atoms with Crippen molar-refractivity contribution < 1.29 is 4.74 Å². The van der Waals surface area contributed by atoms with Gasteiger partial charge in [0.15, 0.2) is 0 Å². The first-order chi connectivity index (χ1) is 9.22. The van der Waals surface area contributed by atoms with Gasteiger partial charge in [-0.2, -0.15) is 5.26 Å². The first-order valence-corrected chi connectivity index (χ1v) is 6.01. The average Bonchev–Trinajstić information content (AvgIpc) is 2.43. The fourth-order valence-electron chi connectivity index (χ4n) is 1.76. The second-order valence-corrected chi connectivity index (χ2v) is 4.05. The molecule has 1 atom stereocenters. The van der Waals surface area contributed by atoms with Crippen LogP contribution in [0.2, 0.25) is 0 Å². The number of benzene rings is 1. The normalized spacial score (nSPS) is 11.2. The molecule has 0 heterocycles. The van der Waals surface area contributed by atoms with E-state index in [2.05, 4.69) is 21.4 Å². The molecule has 0 aliphatic heterocycles. The Kier molecular flexibility index (Phi) is 6.23. The third kappa shape index (κ3) is 4.51. The van der Waals surface area contributed by atoms with Gasteiger partial charge in [0.2, 0.25) is 0 Å². The van der Waals surface area contributed by atoms with Gasteiger partial charge in [-0.15, -0.1) is 0 Å². The molecule has 1 N–H and O–H groups in total. The Balaban J connectivity index is 2.62. The molecule has 0 radical (unpaired) electrons. The van der Waals surface area contributed by atoms with Crippen LogP contribution in [0.25, 0.3) is 10.4 Å². The van der Waals surface area contributed by atoms with Crippen LogP contribution in [-0.2, 0) is 0 Å². The van der Waals surface area contributed by atoms with Crippen molar-refractivity contribution in [1.29, 1.82) is 5.26 Å². The lowest BCUT2D eigenvalue weighted by molar-refractivity contribution is 0.411. The van der Waals surface area contributed by atoms with Crippen LogP contribution in [0.3, 0.4) is 0 Å². The molecule has 1 rings (SSSR count). The molecular weight excluding hydrogens is 242 g/mol. The summed E-state index contributed by atoms with van der Waals surface area (Å²) in [6.45, 7) is 3.00. The zero-order chi connectivity index (χ0) is 14.1. The van der Waals surface area contributed by atoms with Crippen molar-refractivity contribution in [3.63, 3.8) is 0 Å². The summed E-state index contributed by atoms with van der Waals surface area (Å²) in [5.74, 6) is 0.809. The summed E-state index contributed by atoms with van der Waals surface area (Å²) in [5.41, 5.74) is 10.1. The highest BCUT2D eigenvalue weighted by Crippen LogP contribution is 2.22.